The number of hydrogen-bond donors (Lipinski definition) is 1. The van der Waals surface area contributed by atoms with Gasteiger partial charge >= 0.3 is 0 Å². The summed E-state index contributed by atoms with van der Waals surface area (Å²) in [7, 11) is 0. The summed E-state index contributed by atoms with van der Waals surface area (Å²) in [6.07, 6.45) is 2.18. The van der Waals surface area contributed by atoms with Crippen molar-refractivity contribution in [3.05, 3.63) is 22.2 Å². The van der Waals surface area contributed by atoms with E-state index in [2.05, 4.69) is 40.3 Å². The molecule has 1 N–H and O–H groups in total. The van der Waals surface area contributed by atoms with Crippen LogP contribution in [0.5, 0.6) is 11.5 Å². The van der Waals surface area contributed by atoms with Gasteiger partial charge in [-0.2, -0.15) is 0 Å². The zero-order chi connectivity index (χ0) is 12.1. The molecule has 1 aromatic rings. The summed E-state index contributed by atoms with van der Waals surface area (Å²) in [5, 5.41) is 3.40. The number of nitrogens with one attached hydrogen (secondary N) is 1. The zero-order valence-corrected chi connectivity index (χ0v) is 11.7. The Bertz CT molecular complexity index is 382. The molecule has 0 radical (unpaired) electrons. The third kappa shape index (κ3) is 3.36. The Morgan fingerprint density at radius 1 is 1.24 bits per heavy atom. The molecule has 1 aliphatic rings. The molecule has 0 unspecified atom stereocenters. The monoisotopic (exact) mass is 299 g/mol. The average molecular weight is 300 g/mol. The van der Waals surface area contributed by atoms with Crippen LogP contribution in [-0.2, 0) is 6.42 Å². The lowest BCUT2D eigenvalue weighted by Gasteiger charge is -2.20. The van der Waals surface area contributed by atoms with Crippen molar-refractivity contribution < 1.29 is 9.47 Å². The van der Waals surface area contributed by atoms with Crippen molar-refractivity contribution in [2.75, 3.05) is 26.3 Å². The Hall–Kier alpha value is -0.740. The van der Waals surface area contributed by atoms with Crippen molar-refractivity contribution >= 4 is 15.9 Å². The maximum atomic E-state index is 5.60. The summed E-state index contributed by atoms with van der Waals surface area (Å²) in [4.78, 5) is 0. The van der Waals surface area contributed by atoms with Gasteiger partial charge in [0.15, 0.2) is 11.5 Å². The van der Waals surface area contributed by atoms with Crippen molar-refractivity contribution in [2.45, 2.75) is 19.8 Å². The van der Waals surface area contributed by atoms with E-state index >= 15 is 0 Å². The van der Waals surface area contributed by atoms with Crippen molar-refractivity contribution in [1.82, 2.24) is 5.32 Å². The summed E-state index contributed by atoms with van der Waals surface area (Å²) in [5.74, 6) is 1.69. The molecule has 1 aromatic carbocycles. The molecule has 0 aromatic heterocycles. The number of ether oxygens (including phenoxy) is 2. The number of benzene rings is 1. The van der Waals surface area contributed by atoms with Crippen LogP contribution in [0.15, 0.2) is 16.6 Å². The number of hydrogen-bond acceptors (Lipinski definition) is 3. The fourth-order valence-electron chi connectivity index (χ4n) is 1.84. The second kappa shape index (κ2) is 6.26. The highest BCUT2D eigenvalue weighted by atomic mass is 79.9. The van der Waals surface area contributed by atoms with Crippen LogP contribution in [0.2, 0.25) is 0 Å². The van der Waals surface area contributed by atoms with E-state index in [0.29, 0.717) is 13.2 Å². The summed E-state index contributed by atoms with van der Waals surface area (Å²) < 4.78 is 12.1. The topological polar surface area (TPSA) is 30.5 Å². The van der Waals surface area contributed by atoms with Gasteiger partial charge in [-0.3, -0.25) is 0 Å². The quantitative estimate of drug-likeness (QED) is 0.848. The van der Waals surface area contributed by atoms with Crippen molar-refractivity contribution in [3.8, 4) is 11.5 Å². The van der Waals surface area contributed by atoms with Crippen LogP contribution in [0.4, 0.5) is 0 Å². The molecular formula is C13H18BrNO2. The Morgan fingerprint density at radius 3 is 2.88 bits per heavy atom. The van der Waals surface area contributed by atoms with E-state index in [1.165, 1.54) is 12.0 Å². The van der Waals surface area contributed by atoms with Gasteiger partial charge in [-0.1, -0.05) is 6.92 Å². The van der Waals surface area contributed by atoms with Crippen LogP contribution in [0.25, 0.3) is 0 Å². The highest BCUT2D eigenvalue weighted by Gasteiger charge is 2.15. The highest BCUT2D eigenvalue weighted by Crippen LogP contribution is 2.38. The summed E-state index contributed by atoms with van der Waals surface area (Å²) in [6, 6.07) is 4.19. The maximum Gasteiger partial charge on any atom is 0.175 e. The van der Waals surface area contributed by atoms with E-state index in [0.717, 1.165) is 35.5 Å². The van der Waals surface area contributed by atoms with Crippen LogP contribution in [0.1, 0.15) is 18.9 Å². The average Bonchev–Trinajstić information content (AvgIpc) is 2.35. The first kappa shape index (κ1) is 12.7. The van der Waals surface area contributed by atoms with Crippen molar-refractivity contribution in [2.24, 2.45) is 0 Å². The Balaban J connectivity index is 2.01. The predicted octanol–water partition coefficient (Wildman–Crippen LogP) is 2.76. The molecule has 0 fully saturated rings. The first-order valence-corrected chi connectivity index (χ1v) is 6.89. The van der Waals surface area contributed by atoms with E-state index < -0.39 is 0 Å². The zero-order valence-electron chi connectivity index (χ0n) is 10.1. The van der Waals surface area contributed by atoms with Gasteiger partial charge in [0.1, 0.15) is 13.2 Å². The van der Waals surface area contributed by atoms with Gasteiger partial charge in [0, 0.05) is 0 Å². The smallest absolute Gasteiger partial charge is 0.175 e. The van der Waals surface area contributed by atoms with E-state index in [9.17, 15) is 0 Å². The van der Waals surface area contributed by atoms with E-state index in [4.69, 9.17) is 9.47 Å². The lowest BCUT2D eigenvalue weighted by molar-refractivity contribution is 0.170. The van der Waals surface area contributed by atoms with Gasteiger partial charge in [0.25, 0.3) is 0 Å². The normalized spacial score (nSPS) is 13.8. The van der Waals surface area contributed by atoms with Crippen LogP contribution in [-0.4, -0.2) is 26.3 Å². The number of rotatable bonds is 5. The fourth-order valence-corrected chi connectivity index (χ4v) is 2.45. The lowest BCUT2D eigenvalue weighted by atomic mass is 10.1. The van der Waals surface area contributed by atoms with Gasteiger partial charge in [-0.05, 0) is 59.6 Å². The van der Waals surface area contributed by atoms with Gasteiger partial charge < -0.3 is 14.8 Å². The maximum absolute atomic E-state index is 5.60. The number of halogens is 1. The Kier molecular flexibility index (Phi) is 4.68. The summed E-state index contributed by atoms with van der Waals surface area (Å²) in [6.45, 7) is 5.51. The summed E-state index contributed by atoms with van der Waals surface area (Å²) in [5.41, 5.74) is 1.27. The third-order valence-corrected chi connectivity index (χ3v) is 3.26. The van der Waals surface area contributed by atoms with Gasteiger partial charge in [-0.15, -0.1) is 0 Å². The van der Waals surface area contributed by atoms with E-state index in [1.54, 1.807) is 0 Å². The highest BCUT2D eigenvalue weighted by molar-refractivity contribution is 9.10. The third-order valence-electron chi connectivity index (χ3n) is 2.67. The molecule has 3 nitrogen and oxygen atoms in total. The van der Waals surface area contributed by atoms with Crippen LogP contribution in [0, 0.1) is 0 Å². The first-order chi connectivity index (χ1) is 8.31. The van der Waals surface area contributed by atoms with Gasteiger partial charge in [-0.25, -0.2) is 0 Å². The molecule has 4 heteroatoms. The molecule has 1 heterocycles. The fraction of sp³-hybridized carbons (Fsp3) is 0.538. The van der Waals surface area contributed by atoms with Crippen molar-refractivity contribution in [1.29, 1.82) is 0 Å². The molecular weight excluding hydrogens is 282 g/mol. The molecule has 0 saturated carbocycles. The van der Waals surface area contributed by atoms with Gasteiger partial charge in [0.2, 0.25) is 0 Å². The molecule has 2 rings (SSSR count). The molecule has 94 valence electrons. The SMILES string of the molecule is CCCNCCc1cc(Br)c2c(c1)OCCO2. The molecule has 17 heavy (non-hydrogen) atoms. The minimum atomic E-state index is 0.628. The predicted molar refractivity (Wildman–Crippen MR) is 72.0 cm³/mol. The Morgan fingerprint density at radius 2 is 2.06 bits per heavy atom. The van der Waals surface area contributed by atoms with E-state index in [1.807, 2.05) is 0 Å². The largest absolute Gasteiger partial charge is 0.486 e. The minimum Gasteiger partial charge on any atom is -0.486 e. The minimum absolute atomic E-state index is 0.628. The molecule has 0 bridgehead atoms. The second-order valence-corrected chi connectivity index (χ2v) is 4.96. The standard InChI is InChI=1S/C13H18BrNO2/c1-2-4-15-5-3-10-8-11(14)13-12(9-10)16-6-7-17-13/h8-9,15H,2-7H2,1H3. The molecule has 0 aliphatic carbocycles. The van der Waals surface area contributed by atoms with Crippen LogP contribution in [0.3, 0.4) is 0 Å². The molecule has 1 aliphatic heterocycles. The Labute approximate surface area is 111 Å². The van der Waals surface area contributed by atoms with E-state index in [-0.39, 0.29) is 0 Å². The van der Waals surface area contributed by atoms with Gasteiger partial charge in [0.05, 0.1) is 4.47 Å². The molecule has 0 spiro atoms. The molecule has 0 amide bonds. The second-order valence-electron chi connectivity index (χ2n) is 4.10. The first-order valence-electron chi connectivity index (χ1n) is 6.10. The lowest BCUT2D eigenvalue weighted by Crippen LogP contribution is -2.18. The number of fused-ring (bicyclic) bond motifs is 1. The summed E-state index contributed by atoms with van der Waals surface area (Å²) >= 11 is 3.53. The van der Waals surface area contributed by atoms with Crippen LogP contribution >= 0.6 is 15.9 Å². The molecule has 0 atom stereocenters. The molecule has 0 saturated heterocycles. The van der Waals surface area contributed by atoms with Crippen molar-refractivity contribution in [3.63, 3.8) is 0 Å². The van der Waals surface area contributed by atoms with Crippen LogP contribution < -0.4 is 14.8 Å².